The summed E-state index contributed by atoms with van der Waals surface area (Å²) in [4.78, 5) is 33.7. The monoisotopic (exact) mass is 379 g/mol. The van der Waals surface area contributed by atoms with Gasteiger partial charge < -0.3 is 10.6 Å². The SMILES string of the molecule is CNC(=O)C(C)(C)Cn1c(=O)ccc2cnc(NC(C)c3ccccc3)nc21. The van der Waals surface area contributed by atoms with Gasteiger partial charge in [0.1, 0.15) is 5.65 Å². The number of hydrogen-bond donors (Lipinski definition) is 2. The first-order valence-corrected chi connectivity index (χ1v) is 9.22. The Morgan fingerprint density at radius 3 is 2.57 bits per heavy atom. The molecule has 0 fully saturated rings. The molecule has 1 unspecified atom stereocenters. The molecule has 146 valence electrons. The highest BCUT2D eigenvalue weighted by Crippen LogP contribution is 2.21. The van der Waals surface area contributed by atoms with E-state index in [9.17, 15) is 9.59 Å². The molecule has 1 aromatic carbocycles. The number of nitrogens with one attached hydrogen (secondary N) is 2. The lowest BCUT2D eigenvalue weighted by molar-refractivity contribution is -0.129. The Hall–Kier alpha value is -3.22. The highest BCUT2D eigenvalue weighted by molar-refractivity contribution is 5.82. The molecule has 0 bridgehead atoms. The van der Waals surface area contributed by atoms with E-state index >= 15 is 0 Å². The third-order valence-corrected chi connectivity index (χ3v) is 4.76. The van der Waals surface area contributed by atoms with Crippen LogP contribution in [-0.4, -0.2) is 27.5 Å². The van der Waals surface area contributed by atoms with E-state index in [1.165, 1.54) is 10.6 Å². The molecule has 1 atom stereocenters. The molecule has 2 aromatic heterocycles. The predicted octanol–water partition coefficient (Wildman–Crippen LogP) is 2.74. The number of fused-ring (bicyclic) bond motifs is 1. The summed E-state index contributed by atoms with van der Waals surface area (Å²) in [5.74, 6) is 0.294. The Balaban J connectivity index is 1.98. The Morgan fingerprint density at radius 2 is 1.89 bits per heavy atom. The highest BCUT2D eigenvalue weighted by Gasteiger charge is 2.28. The second-order valence-corrected chi connectivity index (χ2v) is 7.47. The lowest BCUT2D eigenvalue weighted by atomic mass is 9.92. The zero-order valence-electron chi connectivity index (χ0n) is 16.6. The van der Waals surface area contributed by atoms with Crippen LogP contribution in [0.15, 0.2) is 53.5 Å². The van der Waals surface area contributed by atoms with Crippen LogP contribution in [0.1, 0.15) is 32.4 Å². The molecule has 0 aliphatic carbocycles. The van der Waals surface area contributed by atoms with Crippen molar-refractivity contribution in [3.05, 3.63) is 64.6 Å². The van der Waals surface area contributed by atoms with Gasteiger partial charge in [-0.3, -0.25) is 14.2 Å². The van der Waals surface area contributed by atoms with Crippen LogP contribution in [0.5, 0.6) is 0 Å². The predicted molar refractivity (Wildman–Crippen MR) is 110 cm³/mol. The molecule has 0 saturated carbocycles. The van der Waals surface area contributed by atoms with Crippen molar-refractivity contribution >= 4 is 22.9 Å². The molecule has 3 rings (SSSR count). The number of anilines is 1. The van der Waals surface area contributed by atoms with Gasteiger partial charge in [0.05, 0.1) is 11.5 Å². The average molecular weight is 379 g/mol. The number of nitrogens with zero attached hydrogens (tertiary/aromatic N) is 3. The fourth-order valence-corrected chi connectivity index (χ4v) is 3.12. The third kappa shape index (κ3) is 4.03. The number of benzene rings is 1. The molecule has 1 amide bonds. The van der Waals surface area contributed by atoms with Crippen LogP contribution in [0.2, 0.25) is 0 Å². The molecule has 0 aliphatic heterocycles. The van der Waals surface area contributed by atoms with Crippen molar-refractivity contribution in [1.82, 2.24) is 19.9 Å². The summed E-state index contributed by atoms with van der Waals surface area (Å²) in [7, 11) is 1.59. The maximum atomic E-state index is 12.5. The molecule has 0 aliphatic rings. The second-order valence-electron chi connectivity index (χ2n) is 7.47. The van der Waals surface area contributed by atoms with Gasteiger partial charge in [0.15, 0.2) is 0 Å². The molecule has 0 spiro atoms. The Morgan fingerprint density at radius 1 is 1.18 bits per heavy atom. The number of amides is 1. The van der Waals surface area contributed by atoms with E-state index < -0.39 is 5.41 Å². The topological polar surface area (TPSA) is 88.9 Å². The Labute approximate surface area is 163 Å². The highest BCUT2D eigenvalue weighted by atomic mass is 16.2. The smallest absolute Gasteiger partial charge is 0.252 e. The first-order chi connectivity index (χ1) is 13.3. The van der Waals surface area contributed by atoms with Gasteiger partial charge in [-0.05, 0) is 32.4 Å². The first kappa shape index (κ1) is 19.5. The lowest BCUT2D eigenvalue weighted by Crippen LogP contribution is -2.40. The molecule has 0 radical (unpaired) electrons. The summed E-state index contributed by atoms with van der Waals surface area (Å²) in [6.07, 6.45) is 1.69. The molecule has 3 aromatic rings. The van der Waals surface area contributed by atoms with Crippen molar-refractivity contribution in [2.75, 3.05) is 12.4 Å². The first-order valence-electron chi connectivity index (χ1n) is 9.22. The average Bonchev–Trinajstić information content (AvgIpc) is 2.70. The van der Waals surface area contributed by atoms with E-state index in [-0.39, 0.29) is 24.1 Å². The zero-order chi connectivity index (χ0) is 20.3. The van der Waals surface area contributed by atoms with Crippen molar-refractivity contribution in [2.24, 2.45) is 5.41 Å². The number of rotatable bonds is 6. The number of aromatic nitrogens is 3. The molecular formula is C21H25N5O2. The van der Waals surface area contributed by atoms with Crippen LogP contribution >= 0.6 is 0 Å². The third-order valence-electron chi connectivity index (χ3n) is 4.76. The Kier molecular flexibility index (Phi) is 5.44. The number of pyridine rings is 1. The van der Waals surface area contributed by atoms with Gasteiger partial charge in [-0.1, -0.05) is 30.3 Å². The molecule has 2 N–H and O–H groups in total. The van der Waals surface area contributed by atoms with Crippen LogP contribution < -0.4 is 16.2 Å². The fourth-order valence-electron chi connectivity index (χ4n) is 3.12. The van der Waals surface area contributed by atoms with E-state index in [0.717, 1.165) is 10.9 Å². The van der Waals surface area contributed by atoms with Gasteiger partial charge in [0.2, 0.25) is 11.9 Å². The van der Waals surface area contributed by atoms with E-state index in [2.05, 4.69) is 20.6 Å². The van der Waals surface area contributed by atoms with Crippen molar-refractivity contribution in [3.63, 3.8) is 0 Å². The van der Waals surface area contributed by atoms with Crippen molar-refractivity contribution in [2.45, 2.75) is 33.4 Å². The molecule has 28 heavy (non-hydrogen) atoms. The van der Waals surface area contributed by atoms with Crippen molar-refractivity contribution in [3.8, 4) is 0 Å². The van der Waals surface area contributed by atoms with E-state index in [1.54, 1.807) is 33.2 Å². The van der Waals surface area contributed by atoms with Gasteiger partial charge in [-0.25, -0.2) is 4.98 Å². The summed E-state index contributed by atoms with van der Waals surface area (Å²) < 4.78 is 1.53. The maximum absolute atomic E-state index is 12.5. The van der Waals surface area contributed by atoms with Crippen LogP contribution in [-0.2, 0) is 11.3 Å². The van der Waals surface area contributed by atoms with Gasteiger partial charge in [-0.15, -0.1) is 0 Å². The summed E-state index contributed by atoms with van der Waals surface area (Å²) in [6.45, 7) is 5.84. The molecule has 7 nitrogen and oxygen atoms in total. The summed E-state index contributed by atoms with van der Waals surface area (Å²) >= 11 is 0. The summed E-state index contributed by atoms with van der Waals surface area (Å²) in [6, 6.07) is 13.2. The number of hydrogen-bond acceptors (Lipinski definition) is 5. The van der Waals surface area contributed by atoms with Gasteiger partial charge in [0, 0.05) is 31.2 Å². The quantitative estimate of drug-likeness (QED) is 0.687. The normalized spacial score (nSPS) is 12.6. The number of carbonyl (C=O) groups excluding carboxylic acids is 1. The fraction of sp³-hybridized carbons (Fsp3) is 0.333. The maximum Gasteiger partial charge on any atom is 0.252 e. The standard InChI is InChI=1S/C21H25N5O2/c1-14(15-8-6-5-7-9-15)24-20-23-12-16-10-11-17(27)26(18(16)25-20)13-21(2,3)19(28)22-4/h5-12,14H,13H2,1-4H3,(H,22,28)(H,23,24,25). The Bertz CT molecular complexity index is 1040. The molecule has 7 heteroatoms. The minimum absolute atomic E-state index is 0.00449. The van der Waals surface area contributed by atoms with Gasteiger partial charge in [-0.2, -0.15) is 4.98 Å². The van der Waals surface area contributed by atoms with Crippen molar-refractivity contribution in [1.29, 1.82) is 0 Å². The van der Waals surface area contributed by atoms with Crippen LogP contribution in [0.3, 0.4) is 0 Å². The van der Waals surface area contributed by atoms with E-state index in [0.29, 0.717) is 11.6 Å². The molecular weight excluding hydrogens is 354 g/mol. The summed E-state index contributed by atoms with van der Waals surface area (Å²) in [5, 5.41) is 6.67. The molecule has 0 saturated heterocycles. The van der Waals surface area contributed by atoms with Crippen molar-refractivity contribution < 1.29 is 4.79 Å². The molecule has 2 heterocycles. The lowest BCUT2D eigenvalue weighted by Gasteiger charge is -2.24. The van der Waals surface area contributed by atoms with Gasteiger partial charge >= 0.3 is 0 Å². The number of carbonyl (C=O) groups is 1. The summed E-state index contributed by atoms with van der Waals surface area (Å²) in [5.41, 5.74) is 0.646. The minimum Gasteiger partial charge on any atom is -0.359 e. The van der Waals surface area contributed by atoms with E-state index in [1.807, 2.05) is 37.3 Å². The largest absolute Gasteiger partial charge is 0.359 e. The second kappa shape index (κ2) is 7.80. The van der Waals surface area contributed by atoms with Crippen LogP contribution in [0.4, 0.5) is 5.95 Å². The minimum atomic E-state index is -0.761. The van der Waals surface area contributed by atoms with Crippen LogP contribution in [0.25, 0.3) is 11.0 Å². The van der Waals surface area contributed by atoms with Crippen LogP contribution in [0, 0.1) is 5.41 Å². The zero-order valence-corrected chi connectivity index (χ0v) is 16.6. The van der Waals surface area contributed by atoms with E-state index in [4.69, 9.17) is 0 Å². The van der Waals surface area contributed by atoms with Gasteiger partial charge in [0.25, 0.3) is 5.56 Å².